The predicted molar refractivity (Wildman–Crippen MR) is 125 cm³/mol. The number of aromatic nitrogens is 1. The fourth-order valence-corrected chi connectivity index (χ4v) is 4.37. The van der Waals surface area contributed by atoms with Crippen molar-refractivity contribution in [1.29, 1.82) is 0 Å². The molecular formula is C24H17FN4O3S. The summed E-state index contributed by atoms with van der Waals surface area (Å²) in [5, 5.41) is 15.2. The number of nitrogens with zero attached hydrogens (tertiary/aromatic N) is 3. The summed E-state index contributed by atoms with van der Waals surface area (Å²) in [6.07, 6.45) is 1.69. The fourth-order valence-electron chi connectivity index (χ4n) is 4.02. The van der Waals surface area contributed by atoms with Gasteiger partial charge >= 0.3 is 0 Å². The zero-order valence-electron chi connectivity index (χ0n) is 17.1. The number of benzene rings is 2. The standard InChI is InChI=1S/C24H17FN4O3S/c25-15-8-10-16(11-9-15)28-23(22(27-24(28)33)18-6-3-4-14-26-18)21-13-12-20(32-21)17-5-1-2-7-19(17)29(30)31/h1-14,22-23H,(H,27,33). The van der Waals surface area contributed by atoms with Crippen molar-refractivity contribution >= 4 is 28.7 Å². The molecule has 1 saturated heterocycles. The molecule has 1 N–H and O–H groups in total. The Balaban J connectivity index is 1.61. The molecule has 9 heteroatoms. The number of hydrogen-bond donors (Lipinski definition) is 1. The van der Waals surface area contributed by atoms with Gasteiger partial charge in [0.05, 0.1) is 22.2 Å². The fraction of sp³-hybridized carbons (Fsp3) is 0.0833. The van der Waals surface area contributed by atoms with E-state index in [0.29, 0.717) is 27.9 Å². The van der Waals surface area contributed by atoms with Crippen molar-refractivity contribution in [2.24, 2.45) is 0 Å². The first kappa shape index (κ1) is 20.8. The van der Waals surface area contributed by atoms with Crippen molar-refractivity contribution in [1.82, 2.24) is 10.3 Å². The van der Waals surface area contributed by atoms with Gasteiger partial charge in [0, 0.05) is 18.0 Å². The molecular weight excluding hydrogens is 443 g/mol. The predicted octanol–water partition coefficient (Wildman–Crippen LogP) is 5.57. The second kappa shape index (κ2) is 8.44. The lowest BCUT2D eigenvalue weighted by Crippen LogP contribution is -2.29. The molecule has 0 saturated carbocycles. The average Bonchev–Trinajstić information content (AvgIpc) is 3.45. The minimum atomic E-state index is -0.450. The van der Waals surface area contributed by atoms with E-state index in [4.69, 9.17) is 16.6 Å². The number of halogens is 1. The van der Waals surface area contributed by atoms with Crippen LogP contribution in [0.1, 0.15) is 23.5 Å². The highest BCUT2D eigenvalue weighted by Gasteiger charge is 2.42. The van der Waals surface area contributed by atoms with Gasteiger partial charge < -0.3 is 14.6 Å². The summed E-state index contributed by atoms with van der Waals surface area (Å²) in [5.41, 5.74) is 1.76. The minimum absolute atomic E-state index is 0.0462. The number of nitrogens with one attached hydrogen (secondary N) is 1. The Kier molecular flexibility index (Phi) is 5.31. The Bertz CT molecular complexity index is 1330. The number of rotatable bonds is 5. The van der Waals surface area contributed by atoms with E-state index in [9.17, 15) is 14.5 Å². The highest BCUT2D eigenvalue weighted by Crippen LogP contribution is 2.43. The zero-order chi connectivity index (χ0) is 22.9. The lowest BCUT2D eigenvalue weighted by molar-refractivity contribution is -0.384. The van der Waals surface area contributed by atoms with Crippen LogP contribution in [0.5, 0.6) is 0 Å². The van der Waals surface area contributed by atoms with Crippen LogP contribution in [0.25, 0.3) is 11.3 Å². The van der Waals surface area contributed by atoms with E-state index in [0.717, 1.165) is 5.69 Å². The number of anilines is 1. The van der Waals surface area contributed by atoms with Crippen LogP contribution in [0, 0.1) is 15.9 Å². The maximum atomic E-state index is 13.6. The first-order valence-electron chi connectivity index (χ1n) is 10.1. The van der Waals surface area contributed by atoms with Crippen LogP contribution in [-0.4, -0.2) is 15.0 Å². The summed E-state index contributed by atoms with van der Waals surface area (Å²) < 4.78 is 19.7. The number of hydrogen-bond acceptors (Lipinski definition) is 5. The zero-order valence-corrected chi connectivity index (χ0v) is 17.9. The molecule has 1 aliphatic heterocycles. The third kappa shape index (κ3) is 3.83. The molecule has 5 rings (SSSR count). The molecule has 0 radical (unpaired) electrons. The second-order valence-corrected chi connectivity index (χ2v) is 7.84. The minimum Gasteiger partial charge on any atom is -0.459 e. The molecule has 164 valence electrons. The first-order chi connectivity index (χ1) is 16.0. The molecule has 3 heterocycles. The second-order valence-electron chi connectivity index (χ2n) is 7.45. The largest absolute Gasteiger partial charge is 0.459 e. The molecule has 2 aromatic heterocycles. The van der Waals surface area contributed by atoms with Gasteiger partial charge in [-0.3, -0.25) is 15.1 Å². The van der Waals surface area contributed by atoms with Gasteiger partial charge in [-0.05, 0) is 66.8 Å². The van der Waals surface area contributed by atoms with Gasteiger partial charge in [-0.15, -0.1) is 0 Å². The smallest absolute Gasteiger partial charge is 0.280 e. The third-order valence-corrected chi connectivity index (χ3v) is 5.80. The Morgan fingerprint density at radius 1 is 1.03 bits per heavy atom. The highest BCUT2D eigenvalue weighted by atomic mass is 32.1. The van der Waals surface area contributed by atoms with Gasteiger partial charge in [-0.2, -0.15) is 0 Å². The van der Waals surface area contributed by atoms with E-state index in [1.807, 2.05) is 23.1 Å². The summed E-state index contributed by atoms with van der Waals surface area (Å²) in [6, 6.07) is 20.7. The van der Waals surface area contributed by atoms with Crippen LogP contribution < -0.4 is 10.2 Å². The normalized spacial score (nSPS) is 17.7. The van der Waals surface area contributed by atoms with Gasteiger partial charge in [0.25, 0.3) is 5.69 Å². The van der Waals surface area contributed by atoms with Crippen LogP contribution >= 0.6 is 12.2 Å². The molecule has 0 aliphatic carbocycles. The molecule has 2 atom stereocenters. The topological polar surface area (TPSA) is 84.4 Å². The van der Waals surface area contributed by atoms with Gasteiger partial charge in [-0.1, -0.05) is 18.2 Å². The summed E-state index contributed by atoms with van der Waals surface area (Å²) >= 11 is 5.63. The third-order valence-electron chi connectivity index (χ3n) is 5.49. The maximum Gasteiger partial charge on any atom is 0.280 e. The van der Waals surface area contributed by atoms with Crippen molar-refractivity contribution in [3.63, 3.8) is 0 Å². The van der Waals surface area contributed by atoms with E-state index < -0.39 is 11.0 Å². The quantitative estimate of drug-likeness (QED) is 0.237. The SMILES string of the molecule is O=[N+]([O-])c1ccccc1-c1ccc(C2C(c3ccccn3)NC(=S)N2c2ccc(F)cc2)o1. The summed E-state index contributed by atoms with van der Waals surface area (Å²) in [6.45, 7) is 0. The lowest BCUT2D eigenvalue weighted by Gasteiger charge is -2.26. The summed E-state index contributed by atoms with van der Waals surface area (Å²) in [4.78, 5) is 17.4. The number of furan rings is 1. The van der Waals surface area contributed by atoms with E-state index in [1.165, 1.54) is 18.2 Å². The van der Waals surface area contributed by atoms with E-state index in [1.54, 1.807) is 48.7 Å². The number of nitro benzene ring substituents is 1. The van der Waals surface area contributed by atoms with E-state index in [-0.39, 0.29) is 17.5 Å². The molecule has 7 nitrogen and oxygen atoms in total. The van der Waals surface area contributed by atoms with Crippen molar-refractivity contribution in [2.75, 3.05) is 4.90 Å². The van der Waals surface area contributed by atoms with Crippen molar-refractivity contribution in [3.8, 4) is 11.3 Å². The molecule has 0 spiro atoms. The van der Waals surface area contributed by atoms with Crippen molar-refractivity contribution in [3.05, 3.63) is 112 Å². The molecule has 2 unspecified atom stereocenters. The Morgan fingerprint density at radius 3 is 2.52 bits per heavy atom. The highest BCUT2D eigenvalue weighted by molar-refractivity contribution is 7.80. The number of para-hydroxylation sites is 1. The number of thiocarbonyl (C=S) groups is 1. The maximum absolute atomic E-state index is 13.6. The van der Waals surface area contributed by atoms with Crippen LogP contribution in [0.15, 0.2) is 89.5 Å². The Morgan fingerprint density at radius 2 is 1.79 bits per heavy atom. The van der Waals surface area contributed by atoms with Crippen molar-refractivity contribution < 1.29 is 13.7 Å². The first-order valence-corrected chi connectivity index (χ1v) is 10.5. The number of nitro groups is 1. The molecule has 1 fully saturated rings. The molecule has 2 aromatic carbocycles. The van der Waals surface area contributed by atoms with Crippen molar-refractivity contribution in [2.45, 2.75) is 12.1 Å². The van der Waals surface area contributed by atoms with Crippen LogP contribution in [0.3, 0.4) is 0 Å². The van der Waals surface area contributed by atoms with Crippen LogP contribution in [0.4, 0.5) is 15.8 Å². The monoisotopic (exact) mass is 460 g/mol. The van der Waals surface area contributed by atoms with Crippen LogP contribution in [0.2, 0.25) is 0 Å². The summed E-state index contributed by atoms with van der Waals surface area (Å²) in [5.74, 6) is 0.552. The van der Waals surface area contributed by atoms with Crippen LogP contribution in [-0.2, 0) is 0 Å². The molecule has 4 aromatic rings. The summed E-state index contributed by atoms with van der Waals surface area (Å²) in [7, 11) is 0. The van der Waals surface area contributed by atoms with Gasteiger partial charge in [0.1, 0.15) is 23.4 Å². The van der Waals surface area contributed by atoms with Gasteiger partial charge in [-0.25, -0.2) is 4.39 Å². The molecule has 1 aliphatic rings. The Labute approximate surface area is 193 Å². The average molecular weight is 460 g/mol. The number of pyridine rings is 1. The molecule has 33 heavy (non-hydrogen) atoms. The Hall–Kier alpha value is -4.11. The molecule has 0 amide bonds. The van der Waals surface area contributed by atoms with Gasteiger partial charge in [0.2, 0.25) is 0 Å². The van der Waals surface area contributed by atoms with E-state index >= 15 is 0 Å². The van der Waals surface area contributed by atoms with E-state index in [2.05, 4.69) is 10.3 Å². The lowest BCUT2D eigenvalue weighted by atomic mass is 10.0. The van der Waals surface area contributed by atoms with Gasteiger partial charge in [0.15, 0.2) is 5.11 Å². The molecule has 0 bridgehead atoms.